The maximum atomic E-state index is 12.0. The molecule has 19 heavy (non-hydrogen) atoms. The zero-order valence-corrected chi connectivity index (χ0v) is 11.1. The second-order valence-corrected chi connectivity index (χ2v) is 5.00. The van der Waals surface area contributed by atoms with Crippen molar-refractivity contribution in [1.82, 2.24) is 0 Å². The summed E-state index contributed by atoms with van der Waals surface area (Å²) in [7, 11) is 0. The predicted molar refractivity (Wildman–Crippen MR) is 78.7 cm³/mol. The lowest BCUT2D eigenvalue weighted by Gasteiger charge is -2.09. The first kappa shape index (κ1) is 12.0. The lowest BCUT2D eigenvalue weighted by atomic mass is 9.97. The third-order valence-corrected chi connectivity index (χ3v) is 3.81. The van der Waals surface area contributed by atoms with E-state index >= 15 is 0 Å². The first-order chi connectivity index (χ1) is 9.20. The van der Waals surface area contributed by atoms with Crippen molar-refractivity contribution in [2.24, 2.45) is 0 Å². The van der Waals surface area contributed by atoms with Gasteiger partial charge in [-0.1, -0.05) is 44.2 Å². The number of hydrogen-bond donors (Lipinski definition) is 0. The molecule has 2 heteroatoms. The minimum Gasteiger partial charge on any atom is -0.422 e. The van der Waals surface area contributed by atoms with E-state index in [1.165, 1.54) is 5.39 Å². The van der Waals surface area contributed by atoms with E-state index < -0.39 is 0 Å². The van der Waals surface area contributed by atoms with Crippen molar-refractivity contribution in [3.05, 3.63) is 58.4 Å². The second-order valence-electron chi connectivity index (χ2n) is 5.00. The van der Waals surface area contributed by atoms with Crippen molar-refractivity contribution in [1.29, 1.82) is 0 Å². The summed E-state index contributed by atoms with van der Waals surface area (Å²) >= 11 is 0. The maximum absolute atomic E-state index is 12.0. The lowest BCUT2D eigenvalue weighted by Crippen LogP contribution is -2.09. The summed E-state index contributed by atoms with van der Waals surface area (Å²) in [6.45, 7) is 4.14. The largest absolute Gasteiger partial charge is 0.422 e. The summed E-state index contributed by atoms with van der Waals surface area (Å²) in [6, 6.07) is 14.0. The van der Waals surface area contributed by atoms with Crippen LogP contribution in [0.4, 0.5) is 0 Å². The maximum Gasteiger partial charge on any atom is 0.339 e. The van der Waals surface area contributed by atoms with Gasteiger partial charge in [0.15, 0.2) is 0 Å². The summed E-state index contributed by atoms with van der Waals surface area (Å²) in [5.41, 5.74) is 1.22. The third kappa shape index (κ3) is 1.93. The van der Waals surface area contributed by atoms with E-state index in [0.29, 0.717) is 5.58 Å². The molecule has 0 aliphatic carbocycles. The van der Waals surface area contributed by atoms with Gasteiger partial charge in [0, 0.05) is 10.9 Å². The topological polar surface area (TPSA) is 30.2 Å². The van der Waals surface area contributed by atoms with Crippen LogP contribution in [-0.2, 0) is 0 Å². The molecule has 1 atom stereocenters. The minimum atomic E-state index is -0.211. The highest BCUT2D eigenvalue weighted by Gasteiger charge is 2.12. The van der Waals surface area contributed by atoms with E-state index in [1.54, 1.807) is 0 Å². The molecule has 0 radical (unpaired) electrons. The Labute approximate surface area is 111 Å². The van der Waals surface area contributed by atoms with Crippen LogP contribution in [0.3, 0.4) is 0 Å². The Hall–Kier alpha value is -2.09. The molecule has 0 saturated carbocycles. The zero-order chi connectivity index (χ0) is 13.4. The van der Waals surface area contributed by atoms with Gasteiger partial charge in [0.2, 0.25) is 0 Å². The molecule has 2 aromatic carbocycles. The molecule has 0 saturated heterocycles. The highest BCUT2D eigenvalue weighted by atomic mass is 16.4. The summed E-state index contributed by atoms with van der Waals surface area (Å²) < 4.78 is 5.47. The Morgan fingerprint density at radius 2 is 1.89 bits per heavy atom. The fourth-order valence-electron chi connectivity index (χ4n) is 2.45. The molecule has 3 aromatic rings. The molecule has 3 rings (SSSR count). The summed E-state index contributed by atoms with van der Waals surface area (Å²) in [5, 5.41) is 3.32. The van der Waals surface area contributed by atoms with Gasteiger partial charge in [-0.15, -0.1) is 0 Å². The molecular formula is C17H16O2. The van der Waals surface area contributed by atoms with Crippen LogP contribution in [0.2, 0.25) is 0 Å². The van der Waals surface area contributed by atoms with Crippen LogP contribution in [-0.4, -0.2) is 0 Å². The van der Waals surface area contributed by atoms with Crippen LogP contribution in [0.15, 0.2) is 51.7 Å². The Bertz CT molecular complexity index is 799. The highest BCUT2D eigenvalue weighted by molar-refractivity contribution is 6.05. The molecule has 0 aliphatic rings. The standard InChI is InChI=1S/C17H16O2/c1-3-11(2)14-10-15-13-7-5-4-6-12(13)8-9-16(15)19-17(14)18/h4-11H,3H2,1-2H3. The molecule has 96 valence electrons. The zero-order valence-electron chi connectivity index (χ0n) is 11.1. The van der Waals surface area contributed by atoms with Crippen LogP contribution < -0.4 is 5.63 Å². The van der Waals surface area contributed by atoms with Gasteiger partial charge in [-0.3, -0.25) is 0 Å². The van der Waals surface area contributed by atoms with Gasteiger partial charge in [0.1, 0.15) is 5.58 Å². The normalized spacial score (nSPS) is 12.9. The smallest absolute Gasteiger partial charge is 0.339 e. The summed E-state index contributed by atoms with van der Waals surface area (Å²) in [5.74, 6) is 0.222. The molecule has 0 fully saturated rings. The Morgan fingerprint density at radius 1 is 1.11 bits per heavy atom. The van der Waals surface area contributed by atoms with Gasteiger partial charge in [0.05, 0.1) is 0 Å². The van der Waals surface area contributed by atoms with E-state index in [4.69, 9.17) is 4.42 Å². The fraction of sp³-hybridized carbons (Fsp3) is 0.235. The van der Waals surface area contributed by atoms with E-state index in [0.717, 1.165) is 22.8 Å². The van der Waals surface area contributed by atoms with Gasteiger partial charge < -0.3 is 4.42 Å². The average Bonchev–Trinajstić information content (AvgIpc) is 2.45. The third-order valence-electron chi connectivity index (χ3n) is 3.81. The van der Waals surface area contributed by atoms with E-state index in [2.05, 4.69) is 26.0 Å². The Morgan fingerprint density at radius 3 is 2.68 bits per heavy atom. The van der Waals surface area contributed by atoms with Gasteiger partial charge >= 0.3 is 5.63 Å². The SMILES string of the molecule is CCC(C)c1cc2c(ccc3ccccc32)oc1=O. The first-order valence-corrected chi connectivity index (χ1v) is 6.66. The van der Waals surface area contributed by atoms with Crippen LogP contribution in [0.5, 0.6) is 0 Å². The molecule has 1 aromatic heterocycles. The predicted octanol–water partition coefficient (Wildman–Crippen LogP) is 4.46. The molecule has 0 N–H and O–H groups in total. The summed E-state index contributed by atoms with van der Waals surface area (Å²) in [4.78, 5) is 12.0. The van der Waals surface area contributed by atoms with Crippen LogP contribution in [0.1, 0.15) is 31.7 Å². The van der Waals surface area contributed by atoms with Crippen LogP contribution in [0, 0.1) is 0 Å². The Balaban J connectivity index is 2.41. The minimum absolute atomic E-state index is 0.211. The first-order valence-electron chi connectivity index (χ1n) is 6.66. The van der Waals surface area contributed by atoms with E-state index in [-0.39, 0.29) is 11.5 Å². The molecule has 2 nitrogen and oxygen atoms in total. The van der Waals surface area contributed by atoms with Gasteiger partial charge in [-0.25, -0.2) is 4.79 Å². The molecule has 0 amide bonds. The second kappa shape index (κ2) is 4.54. The Kier molecular flexibility index (Phi) is 2.86. The summed E-state index contributed by atoms with van der Waals surface area (Å²) in [6.07, 6.45) is 0.932. The molecule has 1 unspecified atom stereocenters. The fourth-order valence-corrected chi connectivity index (χ4v) is 2.45. The van der Waals surface area contributed by atoms with Crippen molar-refractivity contribution < 1.29 is 4.42 Å². The number of hydrogen-bond acceptors (Lipinski definition) is 2. The van der Waals surface area contributed by atoms with Gasteiger partial charge in [0.25, 0.3) is 0 Å². The molecule has 0 bridgehead atoms. The van der Waals surface area contributed by atoms with Crippen LogP contribution >= 0.6 is 0 Å². The average molecular weight is 252 g/mol. The van der Waals surface area contributed by atoms with Gasteiger partial charge in [-0.2, -0.15) is 0 Å². The van der Waals surface area contributed by atoms with Crippen molar-refractivity contribution in [2.75, 3.05) is 0 Å². The van der Waals surface area contributed by atoms with E-state index in [9.17, 15) is 4.79 Å². The number of benzene rings is 2. The lowest BCUT2D eigenvalue weighted by molar-refractivity contribution is 0.538. The monoisotopic (exact) mass is 252 g/mol. The van der Waals surface area contributed by atoms with Crippen molar-refractivity contribution >= 4 is 21.7 Å². The highest BCUT2D eigenvalue weighted by Crippen LogP contribution is 2.27. The van der Waals surface area contributed by atoms with Crippen LogP contribution in [0.25, 0.3) is 21.7 Å². The molecule has 0 aliphatic heterocycles. The number of fused-ring (bicyclic) bond motifs is 3. The molecule has 0 spiro atoms. The van der Waals surface area contributed by atoms with Crippen molar-refractivity contribution in [3.63, 3.8) is 0 Å². The molecule has 1 heterocycles. The van der Waals surface area contributed by atoms with Crippen molar-refractivity contribution in [2.45, 2.75) is 26.2 Å². The van der Waals surface area contributed by atoms with Crippen molar-refractivity contribution in [3.8, 4) is 0 Å². The van der Waals surface area contributed by atoms with E-state index in [1.807, 2.05) is 30.3 Å². The van der Waals surface area contributed by atoms with Gasteiger partial charge in [-0.05, 0) is 35.2 Å². The quantitative estimate of drug-likeness (QED) is 0.498. The molecular weight excluding hydrogens is 236 g/mol. The number of rotatable bonds is 2.